The summed E-state index contributed by atoms with van der Waals surface area (Å²) in [6.45, 7) is 9.01. The standard InChI is InChI=1S/C13H22N4O/c1-8-11(14-5)15-10(3)16-12(8)17-13(4)6-7-18-9(13)2/h9H,6-7H2,1-5H3,(H2,14,15,16,17). The molecule has 2 rings (SSSR count). The van der Waals surface area contributed by atoms with E-state index in [1.54, 1.807) is 0 Å². The fourth-order valence-corrected chi connectivity index (χ4v) is 2.26. The SMILES string of the molecule is CNc1nc(C)nc(NC2(C)CCOC2C)c1C. The summed E-state index contributed by atoms with van der Waals surface area (Å²) in [7, 11) is 1.88. The summed E-state index contributed by atoms with van der Waals surface area (Å²) in [5.74, 6) is 2.54. The van der Waals surface area contributed by atoms with Gasteiger partial charge < -0.3 is 15.4 Å². The lowest BCUT2D eigenvalue weighted by atomic mass is 9.94. The van der Waals surface area contributed by atoms with Crippen molar-refractivity contribution in [2.75, 3.05) is 24.3 Å². The van der Waals surface area contributed by atoms with Gasteiger partial charge in [0.25, 0.3) is 0 Å². The maximum Gasteiger partial charge on any atom is 0.135 e. The Hall–Kier alpha value is -1.36. The van der Waals surface area contributed by atoms with Gasteiger partial charge in [0, 0.05) is 19.2 Å². The second-order valence-corrected chi connectivity index (χ2v) is 5.15. The molecule has 18 heavy (non-hydrogen) atoms. The molecule has 0 spiro atoms. The molecule has 1 saturated heterocycles. The van der Waals surface area contributed by atoms with Crippen LogP contribution in [0.1, 0.15) is 31.7 Å². The molecule has 0 bridgehead atoms. The smallest absolute Gasteiger partial charge is 0.135 e. The number of anilines is 2. The van der Waals surface area contributed by atoms with Crippen LogP contribution >= 0.6 is 0 Å². The minimum absolute atomic E-state index is 0.0590. The zero-order chi connectivity index (χ0) is 13.3. The summed E-state index contributed by atoms with van der Waals surface area (Å²) in [6.07, 6.45) is 1.18. The number of aromatic nitrogens is 2. The first-order chi connectivity index (χ1) is 8.46. The lowest BCUT2D eigenvalue weighted by Crippen LogP contribution is -2.41. The van der Waals surface area contributed by atoms with E-state index in [2.05, 4.69) is 34.4 Å². The Bertz CT molecular complexity index is 449. The first kappa shape index (κ1) is 13.1. The highest BCUT2D eigenvalue weighted by molar-refractivity contribution is 5.58. The molecule has 5 heteroatoms. The van der Waals surface area contributed by atoms with Crippen LogP contribution in [0.2, 0.25) is 0 Å². The number of aryl methyl sites for hydroxylation is 1. The average Bonchev–Trinajstić information content (AvgIpc) is 2.64. The van der Waals surface area contributed by atoms with E-state index in [4.69, 9.17) is 4.74 Å². The van der Waals surface area contributed by atoms with Gasteiger partial charge in [-0.15, -0.1) is 0 Å². The third-order valence-corrected chi connectivity index (χ3v) is 3.78. The van der Waals surface area contributed by atoms with Crippen molar-refractivity contribution in [1.82, 2.24) is 9.97 Å². The van der Waals surface area contributed by atoms with Gasteiger partial charge >= 0.3 is 0 Å². The molecule has 1 aliphatic heterocycles. The first-order valence-corrected chi connectivity index (χ1v) is 6.39. The van der Waals surface area contributed by atoms with Crippen LogP contribution in [0.5, 0.6) is 0 Å². The molecule has 2 heterocycles. The second kappa shape index (κ2) is 4.72. The van der Waals surface area contributed by atoms with E-state index in [0.29, 0.717) is 0 Å². The molecular weight excluding hydrogens is 228 g/mol. The molecule has 5 nitrogen and oxygen atoms in total. The summed E-state index contributed by atoms with van der Waals surface area (Å²) in [5.41, 5.74) is 0.986. The Labute approximate surface area is 108 Å². The largest absolute Gasteiger partial charge is 0.376 e. The summed E-state index contributed by atoms with van der Waals surface area (Å²) >= 11 is 0. The van der Waals surface area contributed by atoms with Crippen LogP contribution in [0.3, 0.4) is 0 Å². The predicted molar refractivity (Wildman–Crippen MR) is 73.1 cm³/mol. The second-order valence-electron chi connectivity index (χ2n) is 5.15. The summed E-state index contributed by atoms with van der Waals surface area (Å²) in [4.78, 5) is 8.88. The third-order valence-electron chi connectivity index (χ3n) is 3.78. The van der Waals surface area contributed by atoms with Crippen LogP contribution < -0.4 is 10.6 Å². The third kappa shape index (κ3) is 2.27. The zero-order valence-electron chi connectivity index (χ0n) is 11.8. The van der Waals surface area contributed by atoms with Crippen LogP contribution in [0, 0.1) is 13.8 Å². The van der Waals surface area contributed by atoms with Gasteiger partial charge in [0.1, 0.15) is 17.5 Å². The van der Waals surface area contributed by atoms with Gasteiger partial charge in [0.15, 0.2) is 0 Å². The first-order valence-electron chi connectivity index (χ1n) is 6.39. The van der Waals surface area contributed by atoms with Crippen molar-refractivity contribution in [3.8, 4) is 0 Å². The van der Waals surface area contributed by atoms with Gasteiger partial charge in [-0.2, -0.15) is 0 Å². The number of hydrogen-bond acceptors (Lipinski definition) is 5. The Morgan fingerprint density at radius 1 is 1.28 bits per heavy atom. The van der Waals surface area contributed by atoms with Crippen molar-refractivity contribution in [3.05, 3.63) is 11.4 Å². The van der Waals surface area contributed by atoms with Crippen LogP contribution in [0.15, 0.2) is 0 Å². The Kier molecular flexibility index (Phi) is 3.43. The number of nitrogens with zero attached hydrogens (tertiary/aromatic N) is 2. The number of hydrogen-bond donors (Lipinski definition) is 2. The van der Waals surface area contributed by atoms with Crippen LogP contribution in [-0.4, -0.2) is 35.3 Å². The lowest BCUT2D eigenvalue weighted by molar-refractivity contribution is 0.105. The molecule has 0 amide bonds. The van der Waals surface area contributed by atoms with E-state index in [-0.39, 0.29) is 11.6 Å². The number of rotatable bonds is 3. The molecule has 0 radical (unpaired) electrons. The molecule has 2 atom stereocenters. The van der Waals surface area contributed by atoms with E-state index in [1.807, 2.05) is 20.9 Å². The van der Waals surface area contributed by atoms with Crippen molar-refractivity contribution in [2.45, 2.75) is 45.8 Å². The molecule has 0 aromatic carbocycles. The molecule has 0 aliphatic carbocycles. The Balaban J connectivity index is 2.31. The minimum atomic E-state index is -0.0590. The molecule has 1 fully saturated rings. The topological polar surface area (TPSA) is 59.1 Å². The molecule has 2 N–H and O–H groups in total. The maximum absolute atomic E-state index is 5.65. The van der Waals surface area contributed by atoms with Crippen LogP contribution in [-0.2, 0) is 4.74 Å². The molecule has 100 valence electrons. The molecule has 0 saturated carbocycles. The van der Waals surface area contributed by atoms with Gasteiger partial charge in [-0.25, -0.2) is 9.97 Å². The van der Waals surface area contributed by atoms with Crippen molar-refractivity contribution in [3.63, 3.8) is 0 Å². The molecule has 1 aliphatic rings. The fraction of sp³-hybridized carbons (Fsp3) is 0.692. The maximum atomic E-state index is 5.65. The van der Waals surface area contributed by atoms with Crippen molar-refractivity contribution >= 4 is 11.6 Å². The summed E-state index contributed by atoms with van der Waals surface area (Å²) in [5, 5.41) is 6.64. The molecule has 1 aromatic heterocycles. The predicted octanol–water partition coefficient (Wildman–Crippen LogP) is 2.11. The lowest BCUT2D eigenvalue weighted by Gasteiger charge is -2.30. The summed E-state index contributed by atoms with van der Waals surface area (Å²) in [6, 6.07) is 0. The highest BCUT2D eigenvalue weighted by Gasteiger charge is 2.37. The van der Waals surface area contributed by atoms with E-state index in [0.717, 1.165) is 36.1 Å². The van der Waals surface area contributed by atoms with Gasteiger partial charge in [0.2, 0.25) is 0 Å². The Morgan fingerprint density at radius 3 is 2.50 bits per heavy atom. The van der Waals surface area contributed by atoms with E-state index >= 15 is 0 Å². The molecule has 1 aromatic rings. The monoisotopic (exact) mass is 250 g/mol. The van der Waals surface area contributed by atoms with Crippen molar-refractivity contribution < 1.29 is 4.74 Å². The van der Waals surface area contributed by atoms with E-state index in [9.17, 15) is 0 Å². The fourth-order valence-electron chi connectivity index (χ4n) is 2.26. The van der Waals surface area contributed by atoms with Gasteiger partial charge in [-0.3, -0.25) is 0 Å². The van der Waals surface area contributed by atoms with Gasteiger partial charge in [-0.1, -0.05) is 0 Å². The normalized spacial score (nSPS) is 27.3. The molecular formula is C13H22N4O. The van der Waals surface area contributed by atoms with Gasteiger partial charge in [0.05, 0.1) is 11.6 Å². The van der Waals surface area contributed by atoms with Crippen molar-refractivity contribution in [2.24, 2.45) is 0 Å². The van der Waals surface area contributed by atoms with E-state index < -0.39 is 0 Å². The van der Waals surface area contributed by atoms with Crippen LogP contribution in [0.4, 0.5) is 11.6 Å². The average molecular weight is 250 g/mol. The highest BCUT2D eigenvalue weighted by Crippen LogP contribution is 2.31. The summed E-state index contributed by atoms with van der Waals surface area (Å²) < 4.78 is 5.65. The highest BCUT2D eigenvalue weighted by atomic mass is 16.5. The van der Waals surface area contributed by atoms with Crippen LogP contribution in [0.25, 0.3) is 0 Å². The minimum Gasteiger partial charge on any atom is -0.376 e. The Morgan fingerprint density at radius 2 is 1.94 bits per heavy atom. The number of ether oxygens (including phenoxy) is 1. The molecule has 2 unspecified atom stereocenters. The van der Waals surface area contributed by atoms with E-state index in [1.165, 1.54) is 0 Å². The number of nitrogens with one attached hydrogen (secondary N) is 2. The quantitative estimate of drug-likeness (QED) is 0.860. The van der Waals surface area contributed by atoms with Gasteiger partial charge in [-0.05, 0) is 34.1 Å². The zero-order valence-corrected chi connectivity index (χ0v) is 11.8. The van der Waals surface area contributed by atoms with Crippen molar-refractivity contribution in [1.29, 1.82) is 0 Å².